The van der Waals surface area contributed by atoms with Gasteiger partial charge >= 0.3 is 0 Å². The first-order valence-electron chi connectivity index (χ1n) is 6.22. The maximum Gasteiger partial charge on any atom is 0.242 e. The molecule has 3 N–H and O–H groups in total. The Hall–Kier alpha value is -1.26. The Morgan fingerprint density at radius 3 is 2.29 bits per heavy atom. The lowest BCUT2D eigenvalue weighted by Gasteiger charge is -2.20. The number of carbonyl (C=O) groups is 1. The third-order valence-electron chi connectivity index (χ3n) is 1.78. The standard InChI is InChI=1S/C12H26N4O/c1-6-8-14-11(13-7-2)15-9-10(17)16-12(3,4)5/h6-9H2,1-5H3,(H,16,17)(H2,13,14,15). The number of amides is 1. The van der Waals surface area contributed by atoms with Gasteiger partial charge in [0.15, 0.2) is 5.96 Å². The molecular weight excluding hydrogens is 216 g/mol. The highest BCUT2D eigenvalue weighted by Gasteiger charge is 2.12. The predicted molar refractivity (Wildman–Crippen MR) is 72.2 cm³/mol. The van der Waals surface area contributed by atoms with E-state index in [1.54, 1.807) is 0 Å². The summed E-state index contributed by atoms with van der Waals surface area (Å²) in [5, 5.41) is 9.11. The zero-order valence-corrected chi connectivity index (χ0v) is 11.7. The van der Waals surface area contributed by atoms with Gasteiger partial charge in [-0.2, -0.15) is 0 Å². The highest BCUT2D eigenvalue weighted by molar-refractivity contribution is 5.85. The van der Waals surface area contributed by atoms with Crippen molar-refractivity contribution in [3.8, 4) is 0 Å². The van der Waals surface area contributed by atoms with Gasteiger partial charge in [0.2, 0.25) is 5.91 Å². The number of nitrogens with one attached hydrogen (secondary N) is 3. The maximum atomic E-state index is 11.6. The fourth-order valence-corrected chi connectivity index (χ4v) is 1.19. The van der Waals surface area contributed by atoms with Gasteiger partial charge in [-0.1, -0.05) is 6.92 Å². The second kappa shape index (κ2) is 7.92. The van der Waals surface area contributed by atoms with Crippen LogP contribution in [-0.2, 0) is 4.79 Å². The van der Waals surface area contributed by atoms with E-state index < -0.39 is 0 Å². The molecule has 5 nitrogen and oxygen atoms in total. The first-order chi connectivity index (χ1) is 7.89. The van der Waals surface area contributed by atoms with Gasteiger partial charge in [-0.3, -0.25) is 4.79 Å². The Balaban J connectivity index is 4.18. The number of hydrogen-bond acceptors (Lipinski definition) is 2. The monoisotopic (exact) mass is 242 g/mol. The molecule has 0 saturated carbocycles. The van der Waals surface area contributed by atoms with Gasteiger partial charge in [-0.05, 0) is 34.1 Å². The third kappa shape index (κ3) is 9.66. The minimum absolute atomic E-state index is 0.0637. The molecule has 0 saturated heterocycles. The van der Waals surface area contributed by atoms with Crippen LogP contribution in [0.4, 0.5) is 0 Å². The number of carbonyl (C=O) groups excluding carboxylic acids is 1. The van der Waals surface area contributed by atoms with E-state index in [1.807, 2.05) is 27.7 Å². The van der Waals surface area contributed by atoms with E-state index in [0.29, 0.717) is 5.96 Å². The molecule has 0 aromatic rings. The molecule has 0 spiro atoms. The summed E-state index contributed by atoms with van der Waals surface area (Å²) in [6, 6.07) is 0. The first kappa shape index (κ1) is 15.7. The molecule has 0 aliphatic rings. The SMILES string of the molecule is CCCNC(=NCC(=O)NC(C)(C)C)NCC. The van der Waals surface area contributed by atoms with Crippen molar-refractivity contribution in [2.24, 2.45) is 4.99 Å². The topological polar surface area (TPSA) is 65.5 Å². The molecule has 0 radical (unpaired) electrons. The Morgan fingerprint density at radius 1 is 1.18 bits per heavy atom. The predicted octanol–water partition coefficient (Wildman–Crippen LogP) is 0.866. The largest absolute Gasteiger partial charge is 0.357 e. The van der Waals surface area contributed by atoms with Crippen molar-refractivity contribution in [3.63, 3.8) is 0 Å². The Kier molecular flexibility index (Phi) is 7.34. The van der Waals surface area contributed by atoms with Crippen LogP contribution in [0.5, 0.6) is 0 Å². The van der Waals surface area contributed by atoms with E-state index in [0.717, 1.165) is 19.5 Å². The van der Waals surface area contributed by atoms with Gasteiger partial charge in [-0.15, -0.1) is 0 Å². The van der Waals surface area contributed by atoms with Crippen LogP contribution in [0.15, 0.2) is 4.99 Å². The number of hydrogen-bond donors (Lipinski definition) is 3. The van der Waals surface area contributed by atoms with Gasteiger partial charge in [0.05, 0.1) is 0 Å². The van der Waals surface area contributed by atoms with Crippen molar-refractivity contribution < 1.29 is 4.79 Å². The molecule has 1 amide bonds. The van der Waals surface area contributed by atoms with Crippen molar-refractivity contribution in [3.05, 3.63) is 0 Å². The molecule has 0 bridgehead atoms. The lowest BCUT2D eigenvalue weighted by Crippen LogP contribution is -2.43. The van der Waals surface area contributed by atoms with Gasteiger partial charge in [0, 0.05) is 18.6 Å². The molecule has 5 heteroatoms. The minimum atomic E-state index is -0.207. The van der Waals surface area contributed by atoms with E-state index in [4.69, 9.17) is 0 Å². The molecule has 0 atom stereocenters. The normalized spacial score (nSPS) is 12.2. The van der Waals surface area contributed by atoms with E-state index in [9.17, 15) is 4.79 Å². The summed E-state index contributed by atoms with van der Waals surface area (Å²) in [5.41, 5.74) is -0.207. The van der Waals surface area contributed by atoms with E-state index in [2.05, 4.69) is 27.9 Å². The van der Waals surface area contributed by atoms with Gasteiger partial charge in [-0.25, -0.2) is 4.99 Å². The van der Waals surface area contributed by atoms with E-state index in [-0.39, 0.29) is 18.0 Å². The molecule has 0 heterocycles. The second-order valence-electron chi connectivity index (χ2n) is 4.92. The zero-order chi connectivity index (χ0) is 13.3. The van der Waals surface area contributed by atoms with Crippen molar-refractivity contribution in [1.82, 2.24) is 16.0 Å². The average Bonchev–Trinajstić information content (AvgIpc) is 2.19. The lowest BCUT2D eigenvalue weighted by atomic mass is 10.1. The van der Waals surface area contributed by atoms with Crippen LogP contribution >= 0.6 is 0 Å². The van der Waals surface area contributed by atoms with Crippen molar-refractivity contribution in [2.75, 3.05) is 19.6 Å². The van der Waals surface area contributed by atoms with Crippen LogP contribution in [0.1, 0.15) is 41.0 Å². The minimum Gasteiger partial charge on any atom is -0.357 e. The molecule has 100 valence electrons. The Bertz CT molecular complexity index is 256. The van der Waals surface area contributed by atoms with Crippen LogP contribution in [0.2, 0.25) is 0 Å². The smallest absolute Gasteiger partial charge is 0.242 e. The van der Waals surface area contributed by atoms with Crippen molar-refractivity contribution in [1.29, 1.82) is 0 Å². The molecule has 0 aliphatic carbocycles. The molecule has 0 aromatic heterocycles. The average molecular weight is 242 g/mol. The quantitative estimate of drug-likeness (QED) is 0.495. The van der Waals surface area contributed by atoms with Gasteiger partial charge < -0.3 is 16.0 Å². The van der Waals surface area contributed by atoms with Crippen LogP contribution in [0.25, 0.3) is 0 Å². The second-order valence-corrected chi connectivity index (χ2v) is 4.92. The number of aliphatic imine (C=N–C) groups is 1. The van der Waals surface area contributed by atoms with Crippen molar-refractivity contribution in [2.45, 2.75) is 46.6 Å². The molecule has 0 fully saturated rings. The molecule has 0 unspecified atom stereocenters. The summed E-state index contributed by atoms with van der Waals surface area (Å²) in [4.78, 5) is 15.8. The molecule has 0 aliphatic heterocycles. The van der Waals surface area contributed by atoms with E-state index in [1.165, 1.54) is 0 Å². The van der Waals surface area contributed by atoms with Crippen LogP contribution in [-0.4, -0.2) is 37.0 Å². The highest BCUT2D eigenvalue weighted by atomic mass is 16.2. The zero-order valence-electron chi connectivity index (χ0n) is 11.7. The summed E-state index contributed by atoms with van der Waals surface area (Å²) < 4.78 is 0. The lowest BCUT2D eigenvalue weighted by molar-refractivity contribution is -0.121. The van der Waals surface area contributed by atoms with Gasteiger partial charge in [0.1, 0.15) is 6.54 Å². The summed E-state index contributed by atoms with van der Waals surface area (Å²) in [5.74, 6) is 0.629. The Morgan fingerprint density at radius 2 is 1.82 bits per heavy atom. The van der Waals surface area contributed by atoms with Gasteiger partial charge in [0.25, 0.3) is 0 Å². The fourth-order valence-electron chi connectivity index (χ4n) is 1.19. The maximum absolute atomic E-state index is 11.6. The Labute approximate surface area is 104 Å². The highest BCUT2D eigenvalue weighted by Crippen LogP contribution is 1.97. The molecule has 0 rings (SSSR count). The van der Waals surface area contributed by atoms with Crippen LogP contribution < -0.4 is 16.0 Å². The van der Waals surface area contributed by atoms with Crippen LogP contribution in [0.3, 0.4) is 0 Å². The number of rotatable bonds is 5. The van der Waals surface area contributed by atoms with E-state index >= 15 is 0 Å². The fraction of sp³-hybridized carbons (Fsp3) is 0.833. The molecular formula is C12H26N4O. The number of guanidine groups is 1. The summed E-state index contributed by atoms with van der Waals surface area (Å²) >= 11 is 0. The van der Waals surface area contributed by atoms with Crippen LogP contribution in [0, 0.1) is 0 Å². The summed E-state index contributed by atoms with van der Waals surface area (Å²) in [7, 11) is 0. The molecule has 17 heavy (non-hydrogen) atoms. The summed E-state index contributed by atoms with van der Waals surface area (Å²) in [6.45, 7) is 11.7. The summed E-state index contributed by atoms with van der Waals surface area (Å²) in [6.07, 6.45) is 1.03. The first-order valence-corrected chi connectivity index (χ1v) is 6.22. The number of nitrogens with zero attached hydrogens (tertiary/aromatic N) is 1. The van der Waals surface area contributed by atoms with Crippen molar-refractivity contribution >= 4 is 11.9 Å². The third-order valence-corrected chi connectivity index (χ3v) is 1.78. The molecule has 0 aromatic carbocycles.